The van der Waals surface area contributed by atoms with Crippen molar-refractivity contribution in [2.24, 2.45) is 5.92 Å². The second-order valence-corrected chi connectivity index (χ2v) is 8.54. The van der Waals surface area contributed by atoms with Crippen LogP contribution < -0.4 is 0 Å². The summed E-state index contributed by atoms with van der Waals surface area (Å²) in [6, 6.07) is 11.1. The highest BCUT2D eigenvalue weighted by Crippen LogP contribution is 2.22. The summed E-state index contributed by atoms with van der Waals surface area (Å²) in [5.41, 5.74) is 0.833. The molecule has 0 atom stereocenters. The van der Waals surface area contributed by atoms with Gasteiger partial charge in [-0.05, 0) is 30.5 Å². The number of carbonyl (C=O) groups excluding carboxylic acids is 1. The van der Waals surface area contributed by atoms with Gasteiger partial charge >= 0.3 is 5.97 Å². The van der Waals surface area contributed by atoms with E-state index in [0.717, 1.165) is 5.56 Å². The maximum atomic E-state index is 12.5. The summed E-state index contributed by atoms with van der Waals surface area (Å²) < 4.78 is 33.5. The minimum atomic E-state index is -3.49. The molecule has 7 nitrogen and oxygen atoms in total. The van der Waals surface area contributed by atoms with Crippen LogP contribution in [0.3, 0.4) is 0 Å². The van der Waals surface area contributed by atoms with E-state index in [-0.39, 0.29) is 11.9 Å². The molecule has 1 aliphatic rings. The monoisotopic (exact) mass is 403 g/mol. The number of rotatable bonds is 8. The van der Waals surface area contributed by atoms with E-state index in [1.54, 1.807) is 17.0 Å². The molecule has 0 unspecified atom stereocenters. The largest absolute Gasteiger partial charge is 0.465 e. The highest BCUT2D eigenvalue weighted by molar-refractivity contribution is 7.92. The Morgan fingerprint density at radius 3 is 2.61 bits per heavy atom. The minimum absolute atomic E-state index is 0.239. The Labute approximate surface area is 165 Å². The van der Waals surface area contributed by atoms with Crippen molar-refractivity contribution in [2.45, 2.75) is 25.8 Å². The van der Waals surface area contributed by atoms with Gasteiger partial charge < -0.3 is 4.74 Å². The molecular weight excluding hydrogens is 378 g/mol. The number of esters is 1. The first-order valence-electron chi connectivity index (χ1n) is 9.42. The first-order chi connectivity index (χ1) is 13.5. The van der Waals surface area contributed by atoms with Crippen molar-refractivity contribution >= 4 is 22.1 Å². The van der Waals surface area contributed by atoms with Crippen molar-refractivity contribution in [2.75, 3.05) is 19.7 Å². The van der Waals surface area contributed by atoms with Crippen LogP contribution in [0.4, 0.5) is 0 Å². The van der Waals surface area contributed by atoms with Gasteiger partial charge in [0.1, 0.15) is 0 Å². The standard InChI is InChI=1S/C20H25N3O4S/c24-20(27-16-5-13-22-12-4-11-21-22)19-8-14-23(15-9-19)28(25,26)17-10-18-6-2-1-3-7-18/h1-4,6-7,10-12,17,19H,5,8-9,13-16H2. The third-order valence-electron chi connectivity index (χ3n) is 4.71. The summed E-state index contributed by atoms with van der Waals surface area (Å²) in [4.78, 5) is 12.2. The molecule has 3 rings (SSSR count). The Kier molecular flexibility index (Phi) is 7.00. The molecule has 0 saturated carbocycles. The number of hydrogen-bond acceptors (Lipinski definition) is 5. The van der Waals surface area contributed by atoms with Crippen molar-refractivity contribution in [3.63, 3.8) is 0 Å². The average Bonchev–Trinajstić information content (AvgIpc) is 3.24. The molecule has 8 heteroatoms. The van der Waals surface area contributed by atoms with Crippen LogP contribution in [0, 0.1) is 5.92 Å². The van der Waals surface area contributed by atoms with Gasteiger partial charge in [0.25, 0.3) is 0 Å². The molecule has 0 bridgehead atoms. The quantitative estimate of drug-likeness (QED) is 0.500. The van der Waals surface area contributed by atoms with Crippen LogP contribution in [-0.2, 0) is 26.1 Å². The van der Waals surface area contributed by atoms with Crippen LogP contribution in [0.25, 0.3) is 6.08 Å². The molecule has 0 radical (unpaired) electrons. The second kappa shape index (κ2) is 9.66. The zero-order valence-corrected chi connectivity index (χ0v) is 16.5. The molecule has 0 amide bonds. The van der Waals surface area contributed by atoms with Crippen LogP contribution in [0.1, 0.15) is 24.8 Å². The number of aromatic nitrogens is 2. The summed E-state index contributed by atoms with van der Waals surface area (Å²) in [5.74, 6) is -0.480. The van der Waals surface area contributed by atoms with E-state index < -0.39 is 10.0 Å². The van der Waals surface area contributed by atoms with Gasteiger partial charge in [-0.1, -0.05) is 30.3 Å². The molecule has 1 saturated heterocycles. The fourth-order valence-corrected chi connectivity index (χ4v) is 4.33. The zero-order chi connectivity index (χ0) is 19.8. The van der Waals surface area contributed by atoms with Crippen molar-refractivity contribution in [3.8, 4) is 0 Å². The van der Waals surface area contributed by atoms with Crippen molar-refractivity contribution in [1.82, 2.24) is 14.1 Å². The molecule has 28 heavy (non-hydrogen) atoms. The van der Waals surface area contributed by atoms with E-state index in [1.165, 1.54) is 9.71 Å². The molecule has 150 valence electrons. The van der Waals surface area contributed by atoms with Crippen molar-refractivity contribution in [3.05, 3.63) is 59.8 Å². The van der Waals surface area contributed by atoms with Crippen LogP contribution in [0.15, 0.2) is 54.2 Å². The number of hydrogen-bond donors (Lipinski definition) is 0. The van der Waals surface area contributed by atoms with Gasteiger partial charge in [-0.25, -0.2) is 8.42 Å². The van der Waals surface area contributed by atoms with Gasteiger partial charge in [-0.2, -0.15) is 9.40 Å². The fraction of sp³-hybridized carbons (Fsp3) is 0.400. The minimum Gasteiger partial charge on any atom is -0.465 e. The van der Waals surface area contributed by atoms with Gasteiger partial charge in [0.15, 0.2) is 0 Å². The van der Waals surface area contributed by atoms with Crippen LogP contribution in [0.5, 0.6) is 0 Å². The summed E-state index contributed by atoms with van der Waals surface area (Å²) in [5, 5.41) is 5.33. The maximum absolute atomic E-state index is 12.5. The van der Waals surface area contributed by atoms with Gasteiger partial charge in [0.05, 0.1) is 12.5 Å². The number of carbonyl (C=O) groups is 1. The molecule has 2 heterocycles. The summed E-state index contributed by atoms with van der Waals surface area (Å²) in [7, 11) is -3.49. The Bertz CT molecular complexity index is 871. The van der Waals surface area contributed by atoms with Crippen molar-refractivity contribution < 1.29 is 17.9 Å². The number of piperidine rings is 1. The number of benzene rings is 1. The molecule has 1 aliphatic heterocycles. The number of nitrogens with zero attached hydrogens (tertiary/aromatic N) is 3. The first kappa shape index (κ1) is 20.3. The van der Waals surface area contributed by atoms with E-state index in [4.69, 9.17) is 4.74 Å². The molecule has 0 aliphatic carbocycles. The normalized spacial score (nSPS) is 16.4. The van der Waals surface area contributed by atoms with E-state index in [2.05, 4.69) is 5.10 Å². The van der Waals surface area contributed by atoms with Crippen LogP contribution in [-0.4, -0.2) is 48.2 Å². The summed E-state index contributed by atoms with van der Waals surface area (Å²) in [6.45, 7) is 1.70. The zero-order valence-electron chi connectivity index (χ0n) is 15.7. The predicted molar refractivity (Wildman–Crippen MR) is 106 cm³/mol. The number of ether oxygens (including phenoxy) is 1. The molecule has 0 spiro atoms. The van der Waals surface area contributed by atoms with Crippen LogP contribution in [0.2, 0.25) is 0 Å². The van der Waals surface area contributed by atoms with Gasteiger partial charge in [-0.3, -0.25) is 9.48 Å². The highest BCUT2D eigenvalue weighted by atomic mass is 32.2. The Morgan fingerprint density at radius 1 is 1.18 bits per heavy atom. The Morgan fingerprint density at radius 2 is 1.93 bits per heavy atom. The van der Waals surface area contributed by atoms with Gasteiger partial charge in [-0.15, -0.1) is 0 Å². The third kappa shape index (κ3) is 5.77. The lowest BCUT2D eigenvalue weighted by molar-refractivity contribution is -0.150. The third-order valence-corrected chi connectivity index (χ3v) is 6.28. The molecule has 1 aromatic heterocycles. The molecule has 1 fully saturated rings. The number of sulfonamides is 1. The predicted octanol–water partition coefficient (Wildman–Crippen LogP) is 2.53. The average molecular weight is 404 g/mol. The van der Waals surface area contributed by atoms with E-state index in [0.29, 0.717) is 45.5 Å². The molecule has 0 N–H and O–H groups in total. The fourth-order valence-electron chi connectivity index (χ4n) is 3.11. The molecule has 1 aromatic carbocycles. The lowest BCUT2D eigenvalue weighted by Gasteiger charge is -2.29. The van der Waals surface area contributed by atoms with Gasteiger partial charge in [0.2, 0.25) is 10.0 Å². The molecular formula is C20H25N3O4S. The second-order valence-electron chi connectivity index (χ2n) is 6.72. The smallest absolute Gasteiger partial charge is 0.309 e. The van der Waals surface area contributed by atoms with Crippen molar-refractivity contribution in [1.29, 1.82) is 0 Å². The maximum Gasteiger partial charge on any atom is 0.309 e. The SMILES string of the molecule is O=C(OCCCn1cccn1)C1CCN(S(=O)(=O)C=Cc2ccccc2)CC1. The lowest BCUT2D eigenvalue weighted by atomic mass is 9.98. The Balaban J connectivity index is 1.41. The lowest BCUT2D eigenvalue weighted by Crippen LogP contribution is -2.39. The summed E-state index contributed by atoms with van der Waals surface area (Å²) >= 11 is 0. The Hall–Kier alpha value is -2.45. The van der Waals surface area contributed by atoms with Gasteiger partial charge in [0, 0.05) is 43.9 Å². The topological polar surface area (TPSA) is 81.5 Å². The summed E-state index contributed by atoms with van der Waals surface area (Å²) in [6.07, 6.45) is 6.83. The number of aryl methyl sites for hydroxylation is 1. The van der Waals surface area contributed by atoms with E-state index in [1.807, 2.05) is 42.6 Å². The molecule has 2 aromatic rings. The first-order valence-corrected chi connectivity index (χ1v) is 10.9. The highest BCUT2D eigenvalue weighted by Gasteiger charge is 2.30. The van der Waals surface area contributed by atoms with E-state index >= 15 is 0 Å². The van der Waals surface area contributed by atoms with E-state index in [9.17, 15) is 13.2 Å². The van der Waals surface area contributed by atoms with Crippen LogP contribution >= 0.6 is 0 Å².